The highest BCUT2D eigenvalue weighted by Crippen LogP contribution is 2.32. The fourth-order valence-corrected chi connectivity index (χ4v) is 5.10. The average Bonchev–Trinajstić information content (AvgIpc) is 2.85. The molecule has 9 heteroatoms. The van der Waals surface area contributed by atoms with E-state index in [0.717, 1.165) is 11.1 Å². The number of hydrogen-bond donors (Lipinski definition) is 1. The number of amides is 1. The van der Waals surface area contributed by atoms with Crippen molar-refractivity contribution in [2.24, 2.45) is 0 Å². The quantitative estimate of drug-likeness (QED) is 0.528. The molecule has 178 valence electrons. The summed E-state index contributed by atoms with van der Waals surface area (Å²) in [5.41, 5.74) is 2.27. The van der Waals surface area contributed by atoms with E-state index in [9.17, 15) is 13.2 Å². The number of methoxy groups -OCH3 is 1. The third kappa shape index (κ3) is 5.92. The summed E-state index contributed by atoms with van der Waals surface area (Å²) in [6, 6.07) is 17.7. The Morgan fingerprint density at radius 2 is 1.82 bits per heavy atom. The zero-order valence-electron chi connectivity index (χ0n) is 18.9. The van der Waals surface area contributed by atoms with Crippen LogP contribution in [0.25, 0.3) is 0 Å². The third-order valence-corrected chi connectivity index (χ3v) is 7.27. The van der Waals surface area contributed by atoms with Crippen LogP contribution in [0.1, 0.15) is 17.2 Å². The number of nitrogens with zero attached hydrogens (tertiary/aromatic N) is 2. The Hall–Kier alpha value is -3.43. The van der Waals surface area contributed by atoms with Crippen LogP contribution in [-0.2, 0) is 21.2 Å². The molecule has 1 aromatic heterocycles. The molecule has 2 heterocycles. The second kappa shape index (κ2) is 10.7. The molecule has 0 bridgehead atoms. The van der Waals surface area contributed by atoms with Crippen LogP contribution >= 0.6 is 0 Å². The summed E-state index contributed by atoms with van der Waals surface area (Å²) < 4.78 is 35.2. The maximum atomic E-state index is 13.4. The second-order valence-electron chi connectivity index (χ2n) is 8.01. The summed E-state index contributed by atoms with van der Waals surface area (Å²) in [4.78, 5) is 19.4. The summed E-state index contributed by atoms with van der Waals surface area (Å²) in [5, 5.41) is 2.97. The molecule has 0 spiro atoms. The zero-order chi connectivity index (χ0) is 24.0. The van der Waals surface area contributed by atoms with Gasteiger partial charge < -0.3 is 14.8 Å². The highest BCUT2D eigenvalue weighted by molar-refractivity contribution is 7.91. The smallest absolute Gasteiger partial charge is 0.246 e. The molecule has 8 nitrogen and oxygen atoms in total. The van der Waals surface area contributed by atoms with Gasteiger partial charge in [0.1, 0.15) is 12.6 Å². The van der Waals surface area contributed by atoms with Gasteiger partial charge >= 0.3 is 0 Å². The van der Waals surface area contributed by atoms with Crippen molar-refractivity contribution >= 4 is 21.4 Å². The van der Waals surface area contributed by atoms with Crippen LogP contribution in [-0.4, -0.2) is 55.9 Å². The maximum Gasteiger partial charge on any atom is 0.246 e. The molecule has 0 aliphatic carbocycles. The fraction of sp³-hybridized carbons (Fsp3) is 0.280. The van der Waals surface area contributed by atoms with Gasteiger partial charge in [0.2, 0.25) is 5.91 Å². The van der Waals surface area contributed by atoms with Crippen LogP contribution in [0.2, 0.25) is 0 Å². The van der Waals surface area contributed by atoms with Gasteiger partial charge in [0.15, 0.2) is 21.3 Å². The largest absolute Gasteiger partial charge is 0.493 e. The molecular formula is C25H27N3O5S. The van der Waals surface area contributed by atoms with Crippen LogP contribution in [0.4, 0.5) is 5.69 Å². The van der Waals surface area contributed by atoms with E-state index in [1.165, 1.54) is 0 Å². The summed E-state index contributed by atoms with van der Waals surface area (Å²) in [6.07, 6.45) is 3.42. The second-order valence-corrected chi connectivity index (χ2v) is 10.3. The monoisotopic (exact) mass is 481 g/mol. The van der Waals surface area contributed by atoms with Crippen LogP contribution in [0, 0.1) is 0 Å². The molecule has 1 aliphatic rings. The normalized spacial score (nSPS) is 16.4. The van der Waals surface area contributed by atoms with Gasteiger partial charge in [0.05, 0.1) is 18.6 Å². The molecule has 1 atom stereocenters. The third-order valence-electron chi connectivity index (χ3n) is 5.66. The number of hydrogen-bond acceptors (Lipinski definition) is 7. The number of anilines is 1. The lowest BCUT2D eigenvalue weighted by Crippen LogP contribution is -2.46. The molecule has 1 aliphatic heterocycles. The first kappa shape index (κ1) is 23.7. The first-order chi connectivity index (χ1) is 16.4. The Kier molecular flexibility index (Phi) is 7.44. The predicted molar refractivity (Wildman–Crippen MR) is 130 cm³/mol. The van der Waals surface area contributed by atoms with Crippen LogP contribution in [0.3, 0.4) is 0 Å². The van der Waals surface area contributed by atoms with Gasteiger partial charge in [-0.25, -0.2) is 8.42 Å². The van der Waals surface area contributed by atoms with E-state index < -0.39 is 15.9 Å². The average molecular weight is 482 g/mol. The molecule has 1 fully saturated rings. The number of aromatic nitrogens is 1. The van der Waals surface area contributed by atoms with Crippen molar-refractivity contribution in [3.63, 3.8) is 0 Å². The van der Waals surface area contributed by atoms with E-state index in [2.05, 4.69) is 10.3 Å². The Bertz CT molecular complexity index is 1210. The fourth-order valence-electron chi connectivity index (χ4n) is 3.87. The van der Waals surface area contributed by atoms with E-state index in [0.29, 0.717) is 36.9 Å². The lowest BCUT2D eigenvalue weighted by atomic mass is 10.0. The van der Waals surface area contributed by atoms with Crippen LogP contribution in [0.5, 0.6) is 11.5 Å². The minimum Gasteiger partial charge on any atom is -0.493 e. The topological polar surface area (TPSA) is 97.8 Å². The van der Waals surface area contributed by atoms with Crippen molar-refractivity contribution in [2.45, 2.75) is 12.6 Å². The van der Waals surface area contributed by atoms with Crippen molar-refractivity contribution in [3.8, 4) is 11.5 Å². The Labute approximate surface area is 199 Å². The summed E-state index contributed by atoms with van der Waals surface area (Å²) >= 11 is 0. The van der Waals surface area contributed by atoms with Crippen molar-refractivity contribution in [2.75, 3.05) is 37.0 Å². The number of sulfone groups is 1. The lowest BCUT2D eigenvalue weighted by Gasteiger charge is -2.33. The van der Waals surface area contributed by atoms with Crippen LogP contribution in [0.15, 0.2) is 73.1 Å². The van der Waals surface area contributed by atoms with Crippen molar-refractivity contribution in [1.82, 2.24) is 9.88 Å². The highest BCUT2D eigenvalue weighted by atomic mass is 32.2. The molecule has 2 aromatic carbocycles. The summed E-state index contributed by atoms with van der Waals surface area (Å²) in [7, 11) is -1.51. The number of ether oxygens (including phenoxy) is 2. The van der Waals surface area contributed by atoms with Crippen molar-refractivity contribution in [1.29, 1.82) is 0 Å². The highest BCUT2D eigenvalue weighted by Gasteiger charge is 2.32. The van der Waals surface area contributed by atoms with E-state index in [4.69, 9.17) is 9.47 Å². The van der Waals surface area contributed by atoms with Gasteiger partial charge in [0.25, 0.3) is 0 Å². The zero-order valence-corrected chi connectivity index (χ0v) is 19.7. The molecule has 1 amide bonds. The lowest BCUT2D eigenvalue weighted by molar-refractivity contribution is -0.121. The number of carbonyl (C=O) groups excluding carboxylic acids is 1. The molecule has 3 aromatic rings. The van der Waals surface area contributed by atoms with Crippen molar-refractivity contribution in [3.05, 3.63) is 84.2 Å². The van der Waals surface area contributed by atoms with Gasteiger partial charge in [-0.15, -0.1) is 0 Å². The predicted octanol–water partition coefficient (Wildman–Crippen LogP) is 3.08. The van der Waals surface area contributed by atoms with E-state index in [1.54, 1.807) is 37.7 Å². The first-order valence-corrected chi connectivity index (χ1v) is 12.8. The van der Waals surface area contributed by atoms with Gasteiger partial charge in [-0.1, -0.05) is 36.4 Å². The van der Waals surface area contributed by atoms with Crippen LogP contribution < -0.4 is 14.8 Å². The first-order valence-electron chi connectivity index (χ1n) is 11.0. The van der Waals surface area contributed by atoms with Crippen molar-refractivity contribution < 1.29 is 22.7 Å². The van der Waals surface area contributed by atoms with Gasteiger partial charge in [0, 0.05) is 42.8 Å². The van der Waals surface area contributed by atoms with Gasteiger partial charge in [-0.3, -0.25) is 14.7 Å². The van der Waals surface area contributed by atoms with E-state index >= 15 is 0 Å². The minimum absolute atomic E-state index is 0.0402. The number of carbonyl (C=O) groups is 1. The minimum atomic E-state index is -3.07. The molecule has 34 heavy (non-hydrogen) atoms. The maximum absolute atomic E-state index is 13.4. The molecule has 1 saturated heterocycles. The standard InChI is InChI=1S/C25H27N3O5S/c1-32-22-10-9-21(16-23(22)33-18-19-6-5-11-26-17-19)27-25(29)24(20-7-3-2-4-8-20)28-12-14-34(30,31)15-13-28/h2-11,16-17,24H,12-15,18H2,1H3,(H,27,29). The summed E-state index contributed by atoms with van der Waals surface area (Å²) in [6.45, 7) is 0.908. The number of benzene rings is 2. The van der Waals surface area contributed by atoms with Gasteiger partial charge in [-0.05, 0) is 23.8 Å². The molecule has 1 unspecified atom stereocenters. The Morgan fingerprint density at radius 3 is 2.50 bits per heavy atom. The van der Waals surface area contributed by atoms with Gasteiger partial charge in [-0.2, -0.15) is 0 Å². The Balaban J connectivity index is 1.54. The molecule has 1 N–H and O–H groups in total. The molecule has 0 saturated carbocycles. The SMILES string of the molecule is COc1ccc(NC(=O)C(c2ccccc2)N2CCS(=O)(=O)CC2)cc1OCc1cccnc1. The number of nitrogens with one attached hydrogen (secondary N) is 1. The molecule has 4 rings (SSSR count). The number of pyridine rings is 1. The van der Waals surface area contributed by atoms with E-state index in [1.807, 2.05) is 47.4 Å². The summed E-state index contributed by atoms with van der Waals surface area (Å²) in [5.74, 6) is 0.873. The molecule has 0 radical (unpaired) electrons. The van der Waals surface area contributed by atoms with E-state index in [-0.39, 0.29) is 17.4 Å². The molecular weight excluding hydrogens is 454 g/mol. The Morgan fingerprint density at radius 1 is 1.06 bits per heavy atom. The number of rotatable bonds is 8.